The lowest BCUT2D eigenvalue weighted by atomic mass is 10.2. The Morgan fingerprint density at radius 1 is 1.25 bits per heavy atom. The van der Waals surface area contributed by atoms with E-state index in [-0.39, 0.29) is 36.1 Å². The van der Waals surface area contributed by atoms with Crippen LogP contribution in [0.2, 0.25) is 5.02 Å². The van der Waals surface area contributed by atoms with E-state index in [4.69, 9.17) is 16.3 Å². The molecule has 0 saturated heterocycles. The lowest BCUT2D eigenvalue weighted by molar-refractivity contribution is -0.116. The topological polar surface area (TPSA) is 106 Å². The van der Waals surface area contributed by atoms with E-state index in [1.54, 1.807) is 32.2 Å². The maximum Gasteiger partial charge on any atom is 0.354 e. The summed E-state index contributed by atoms with van der Waals surface area (Å²) in [5, 5.41) is 3.04. The predicted molar refractivity (Wildman–Crippen MR) is 106 cm³/mol. The van der Waals surface area contributed by atoms with Crippen molar-refractivity contribution in [2.45, 2.75) is 25.2 Å². The van der Waals surface area contributed by atoms with E-state index in [2.05, 4.69) is 10.0 Å². The molecule has 0 saturated carbocycles. The molecular formula is C18H22ClN3O5S. The number of amides is 1. The highest BCUT2D eigenvalue weighted by Crippen LogP contribution is 2.22. The standard InChI is InChI=1S/C18H22ClN3O5S/c1-4-27-18(24)16-10-13(11-22(16)3)28(25,26)20-8-7-17(23)21-15-6-5-12(2)9-14(15)19/h5-6,9-11,20H,4,7-8H2,1-3H3,(H,21,23). The summed E-state index contributed by atoms with van der Waals surface area (Å²) in [7, 11) is -2.33. The molecule has 0 atom stereocenters. The second-order valence-electron chi connectivity index (χ2n) is 6.07. The molecule has 2 rings (SSSR count). The highest BCUT2D eigenvalue weighted by Gasteiger charge is 2.21. The van der Waals surface area contributed by atoms with Gasteiger partial charge in [0, 0.05) is 26.2 Å². The normalized spacial score (nSPS) is 11.3. The SMILES string of the molecule is CCOC(=O)c1cc(S(=O)(=O)NCCC(=O)Nc2ccc(C)cc2Cl)cn1C. The van der Waals surface area contributed by atoms with Gasteiger partial charge in [-0.2, -0.15) is 0 Å². The molecule has 2 N–H and O–H groups in total. The Hall–Kier alpha value is -2.36. The van der Waals surface area contributed by atoms with Gasteiger partial charge >= 0.3 is 5.97 Å². The average Bonchev–Trinajstić information content (AvgIpc) is 3.00. The first kappa shape index (κ1) is 21.9. The number of hydrogen-bond acceptors (Lipinski definition) is 5. The van der Waals surface area contributed by atoms with Crippen molar-refractivity contribution in [1.29, 1.82) is 0 Å². The fourth-order valence-electron chi connectivity index (χ4n) is 2.41. The van der Waals surface area contributed by atoms with Gasteiger partial charge in [0.1, 0.15) is 10.6 Å². The van der Waals surface area contributed by atoms with Gasteiger partial charge in [0.25, 0.3) is 0 Å². The minimum absolute atomic E-state index is 0.0823. The molecule has 1 aromatic carbocycles. The number of nitrogens with zero attached hydrogens (tertiary/aromatic N) is 1. The number of rotatable bonds is 8. The van der Waals surface area contributed by atoms with Crippen LogP contribution in [0.3, 0.4) is 0 Å². The molecule has 10 heteroatoms. The van der Waals surface area contributed by atoms with E-state index in [1.807, 2.05) is 6.92 Å². The van der Waals surface area contributed by atoms with Crippen molar-refractivity contribution in [3.8, 4) is 0 Å². The van der Waals surface area contributed by atoms with Crippen LogP contribution in [0.1, 0.15) is 29.4 Å². The molecule has 0 aliphatic carbocycles. The maximum absolute atomic E-state index is 12.4. The highest BCUT2D eigenvalue weighted by molar-refractivity contribution is 7.89. The number of ether oxygens (including phenoxy) is 1. The molecule has 152 valence electrons. The molecule has 1 aromatic heterocycles. The Balaban J connectivity index is 1.95. The zero-order chi connectivity index (χ0) is 20.9. The van der Waals surface area contributed by atoms with E-state index in [0.717, 1.165) is 5.56 Å². The molecule has 8 nitrogen and oxygen atoms in total. The van der Waals surface area contributed by atoms with Gasteiger partial charge in [0.15, 0.2) is 0 Å². The molecular weight excluding hydrogens is 406 g/mol. The molecule has 1 amide bonds. The number of carbonyl (C=O) groups excluding carboxylic acids is 2. The predicted octanol–water partition coefficient (Wildman–Crippen LogP) is 2.47. The zero-order valence-electron chi connectivity index (χ0n) is 15.8. The molecule has 0 aliphatic rings. The number of anilines is 1. The van der Waals surface area contributed by atoms with Crippen molar-refractivity contribution >= 4 is 39.2 Å². The Morgan fingerprint density at radius 2 is 1.96 bits per heavy atom. The lowest BCUT2D eigenvalue weighted by Gasteiger charge is -2.08. The third-order valence-electron chi connectivity index (χ3n) is 3.82. The molecule has 0 aliphatic heterocycles. The number of nitrogens with one attached hydrogen (secondary N) is 2. The Kier molecular flexibility index (Phi) is 7.22. The first-order chi connectivity index (χ1) is 13.1. The molecule has 0 radical (unpaired) electrons. The molecule has 0 fully saturated rings. The van der Waals surface area contributed by atoms with E-state index < -0.39 is 16.0 Å². The van der Waals surface area contributed by atoms with Gasteiger partial charge in [-0.3, -0.25) is 4.79 Å². The quantitative estimate of drug-likeness (QED) is 0.629. The van der Waals surface area contributed by atoms with Gasteiger partial charge in [0.05, 0.1) is 17.3 Å². The highest BCUT2D eigenvalue weighted by atomic mass is 35.5. The molecule has 1 heterocycles. The summed E-state index contributed by atoms with van der Waals surface area (Å²) in [6.45, 7) is 3.61. The first-order valence-electron chi connectivity index (χ1n) is 8.53. The van der Waals surface area contributed by atoms with Gasteiger partial charge in [-0.1, -0.05) is 17.7 Å². The minimum Gasteiger partial charge on any atom is -0.461 e. The van der Waals surface area contributed by atoms with Crippen molar-refractivity contribution in [1.82, 2.24) is 9.29 Å². The van der Waals surface area contributed by atoms with Crippen LogP contribution in [-0.4, -0.2) is 38.0 Å². The summed E-state index contributed by atoms with van der Waals surface area (Å²) in [5.74, 6) is -0.991. The number of halogens is 1. The van der Waals surface area contributed by atoms with Crippen LogP contribution in [0.5, 0.6) is 0 Å². The summed E-state index contributed by atoms with van der Waals surface area (Å²) in [5.41, 5.74) is 1.54. The number of aryl methyl sites for hydroxylation is 2. The van der Waals surface area contributed by atoms with Crippen LogP contribution >= 0.6 is 11.6 Å². The van der Waals surface area contributed by atoms with Crippen molar-refractivity contribution in [3.63, 3.8) is 0 Å². The monoisotopic (exact) mass is 427 g/mol. The van der Waals surface area contributed by atoms with Crippen LogP contribution in [0, 0.1) is 6.92 Å². The fraction of sp³-hybridized carbons (Fsp3) is 0.333. The summed E-state index contributed by atoms with van der Waals surface area (Å²) in [4.78, 5) is 23.7. The van der Waals surface area contributed by atoms with Crippen LogP contribution in [0.4, 0.5) is 5.69 Å². The molecule has 0 spiro atoms. The molecule has 0 bridgehead atoms. The van der Waals surface area contributed by atoms with Gasteiger partial charge in [-0.05, 0) is 37.6 Å². The van der Waals surface area contributed by atoms with E-state index in [9.17, 15) is 18.0 Å². The Labute approximate surface area is 168 Å². The number of esters is 1. The second kappa shape index (κ2) is 9.22. The zero-order valence-corrected chi connectivity index (χ0v) is 17.4. The number of sulfonamides is 1. The van der Waals surface area contributed by atoms with Gasteiger partial charge < -0.3 is 14.6 Å². The van der Waals surface area contributed by atoms with Gasteiger partial charge in [-0.25, -0.2) is 17.9 Å². The van der Waals surface area contributed by atoms with Gasteiger partial charge in [0.2, 0.25) is 15.9 Å². The number of carbonyl (C=O) groups is 2. The maximum atomic E-state index is 12.4. The second-order valence-corrected chi connectivity index (χ2v) is 8.25. The minimum atomic E-state index is -3.88. The van der Waals surface area contributed by atoms with Crippen LogP contribution in [0.15, 0.2) is 35.4 Å². The van der Waals surface area contributed by atoms with E-state index >= 15 is 0 Å². The number of aromatic nitrogens is 1. The van der Waals surface area contributed by atoms with Crippen molar-refractivity contribution in [2.75, 3.05) is 18.5 Å². The van der Waals surface area contributed by atoms with E-state index in [1.165, 1.54) is 16.8 Å². The van der Waals surface area contributed by atoms with Crippen molar-refractivity contribution in [2.24, 2.45) is 7.05 Å². The van der Waals surface area contributed by atoms with Crippen LogP contribution in [0.25, 0.3) is 0 Å². The average molecular weight is 428 g/mol. The van der Waals surface area contributed by atoms with Crippen LogP contribution in [-0.2, 0) is 26.6 Å². The van der Waals surface area contributed by atoms with Crippen molar-refractivity contribution in [3.05, 3.63) is 46.7 Å². The number of benzene rings is 1. The largest absolute Gasteiger partial charge is 0.461 e. The summed E-state index contributed by atoms with van der Waals surface area (Å²) in [6, 6.07) is 6.43. The lowest BCUT2D eigenvalue weighted by Crippen LogP contribution is -2.27. The first-order valence-corrected chi connectivity index (χ1v) is 10.4. The summed E-state index contributed by atoms with van der Waals surface area (Å²) in [6.07, 6.45) is 1.22. The molecule has 2 aromatic rings. The fourth-order valence-corrected chi connectivity index (χ4v) is 3.79. The summed E-state index contributed by atoms with van der Waals surface area (Å²) < 4.78 is 33.4. The third-order valence-corrected chi connectivity index (χ3v) is 5.56. The van der Waals surface area contributed by atoms with E-state index in [0.29, 0.717) is 10.7 Å². The van der Waals surface area contributed by atoms with Crippen molar-refractivity contribution < 1.29 is 22.7 Å². The third kappa shape index (κ3) is 5.57. The summed E-state index contributed by atoms with van der Waals surface area (Å²) >= 11 is 6.06. The molecule has 0 unspecified atom stereocenters. The van der Waals surface area contributed by atoms with Crippen LogP contribution < -0.4 is 10.0 Å². The number of hydrogen-bond donors (Lipinski definition) is 2. The van der Waals surface area contributed by atoms with Gasteiger partial charge in [-0.15, -0.1) is 0 Å². The Morgan fingerprint density at radius 3 is 2.61 bits per heavy atom. The smallest absolute Gasteiger partial charge is 0.354 e. The Bertz CT molecular complexity index is 985. The molecule has 28 heavy (non-hydrogen) atoms.